The average molecular weight is 296 g/mol. The fourth-order valence-electron chi connectivity index (χ4n) is 1.83. The Morgan fingerprint density at radius 3 is 2.81 bits per heavy atom. The second kappa shape index (κ2) is 6.40. The molecule has 21 heavy (non-hydrogen) atoms. The van der Waals surface area contributed by atoms with Crippen molar-refractivity contribution in [3.63, 3.8) is 0 Å². The predicted molar refractivity (Wildman–Crippen MR) is 72.1 cm³/mol. The van der Waals surface area contributed by atoms with E-state index in [4.69, 9.17) is 0 Å². The maximum Gasteiger partial charge on any atom is 0.307 e. The molecule has 0 saturated carbocycles. The summed E-state index contributed by atoms with van der Waals surface area (Å²) in [4.78, 5) is 9.80. The number of hydrogen-bond acceptors (Lipinski definition) is 4. The summed E-state index contributed by atoms with van der Waals surface area (Å²) in [6, 6.07) is 2.99. The van der Waals surface area contributed by atoms with Gasteiger partial charge in [0.25, 0.3) is 0 Å². The first kappa shape index (κ1) is 15.0. The molecule has 1 heterocycles. The molecule has 0 bridgehead atoms. The van der Waals surface area contributed by atoms with Gasteiger partial charge in [-0.05, 0) is 19.0 Å². The molecule has 0 aliphatic rings. The summed E-state index contributed by atoms with van der Waals surface area (Å²) in [5.41, 5.74) is -0.285. The number of nitrogens with zero attached hydrogens (tertiary/aromatic N) is 3. The minimum Gasteiger partial charge on any atom is -0.311 e. The van der Waals surface area contributed by atoms with Gasteiger partial charge in [-0.25, -0.2) is 9.07 Å². The van der Waals surface area contributed by atoms with Crippen molar-refractivity contribution in [3.05, 3.63) is 51.8 Å². The van der Waals surface area contributed by atoms with Gasteiger partial charge in [0.2, 0.25) is 5.82 Å². The molecule has 0 unspecified atom stereocenters. The fraction of sp³-hybridized carbons (Fsp3) is 0.308. The molecule has 0 spiro atoms. The molecule has 0 fully saturated rings. The molecular weight excluding hydrogens is 282 g/mol. The summed E-state index contributed by atoms with van der Waals surface area (Å²) in [5.74, 6) is -2.12. The van der Waals surface area contributed by atoms with Crippen molar-refractivity contribution in [1.82, 2.24) is 15.1 Å². The highest BCUT2D eigenvalue weighted by Gasteiger charge is 2.19. The van der Waals surface area contributed by atoms with E-state index in [2.05, 4.69) is 10.4 Å². The lowest BCUT2D eigenvalue weighted by Gasteiger charge is -2.04. The number of rotatable bonds is 6. The van der Waals surface area contributed by atoms with Crippen molar-refractivity contribution in [2.75, 3.05) is 6.54 Å². The van der Waals surface area contributed by atoms with Crippen LogP contribution in [0.3, 0.4) is 0 Å². The third-order valence-electron chi connectivity index (χ3n) is 2.84. The van der Waals surface area contributed by atoms with E-state index in [-0.39, 0.29) is 5.69 Å². The molecule has 112 valence electrons. The quantitative estimate of drug-likeness (QED) is 0.505. The van der Waals surface area contributed by atoms with Gasteiger partial charge in [0.15, 0.2) is 5.82 Å². The standard InChI is InChI=1S/C13H14F2N4O2/c1-2-4-16-8-9-3-5-18(17-9)12-7-13(19(20)21)11(15)6-10(12)14/h3,5-7,16H,2,4,8H2,1H3. The average Bonchev–Trinajstić information content (AvgIpc) is 2.87. The van der Waals surface area contributed by atoms with Crippen LogP contribution in [0.4, 0.5) is 14.5 Å². The molecule has 2 rings (SSSR count). The minimum atomic E-state index is -1.21. The van der Waals surface area contributed by atoms with Crippen molar-refractivity contribution >= 4 is 5.69 Å². The molecule has 8 heteroatoms. The SMILES string of the molecule is CCCNCc1ccn(-c2cc([N+](=O)[O-])c(F)cc2F)n1. The lowest BCUT2D eigenvalue weighted by atomic mass is 10.2. The first-order valence-corrected chi connectivity index (χ1v) is 6.42. The predicted octanol–water partition coefficient (Wildman–Crippen LogP) is 2.56. The van der Waals surface area contributed by atoms with Gasteiger partial charge in [0.1, 0.15) is 5.69 Å². The molecule has 0 saturated heterocycles. The number of hydrogen-bond donors (Lipinski definition) is 1. The van der Waals surface area contributed by atoms with Gasteiger partial charge in [0.05, 0.1) is 10.6 Å². The van der Waals surface area contributed by atoms with Gasteiger partial charge >= 0.3 is 5.69 Å². The molecule has 1 aromatic heterocycles. The molecule has 0 aliphatic heterocycles. The molecule has 0 atom stereocenters. The Bertz CT molecular complexity index is 658. The van der Waals surface area contributed by atoms with E-state index in [0.717, 1.165) is 23.7 Å². The van der Waals surface area contributed by atoms with Gasteiger partial charge < -0.3 is 5.32 Å². The largest absolute Gasteiger partial charge is 0.311 e. The third-order valence-corrected chi connectivity index (χ3v) is 2.84. The first-order chi connectivity index (χ1) is 10.0. The molecule has 1 N–H and O–H groups in total. The zero-order chi connectivity index (χ0) is 15.4. The van der Waals surface area contributed by atoms with Crippen LogP contribution in [0, 0.1) is 21.7 Å². The van der Waals surface area contributed by atoms with E-state index >= 15 is 0 Å². The van der Waals surface area contributed by atoms with Crippen LogP contribution >= 0.6 is 0 Å². The Labute approximate surface area is 119 Å². The monoisotopic (exact) mass is 296 g/mol. The van der Waals surface area contributed by atoms with Crippen LogP contribution in [0.25, 0.3) is 5.69 Å². The van der Waals surface area contributed by atoms with Crippen molar-refractivity contribution in [2.24, 2.45) is 0 Å². The lowest BCUT2D eigenvalue weighted by molar-refractivity contribution is -0.387. The highest BCUT2D eigenvalue weighted by Crippen LogP contribution is 2.23. The molecule has 0 aliphatic carbocycles. The molecule has 0 amide bonds. The van der Waals surface area contributed by atoms with Gasteiger partial charge in [-0.15, -0.1) is 0 Å². The zero-order valence-electron chi connectivity index (χ0n) is 11.3. The second-order valence-corrected chi connectivity index (χ2v) is 4.44. The van der Waals surface area contributed by atoms with Crippen LogP contribution in [-0.4, -0.2) is 21.2 Å². The van der Waals surface area contributed by atoms with E-state index in [1.54, 1.807) is 6.07 Å². The molecule has 0 radical (unpaired) electrons. The summed E-state index contributed by atoms with van der Waals surface area (Å²) >= 11 is 0. The van der Waals surface area contributed by atoms with Gasteiger partial charge in [-0.2, -0.15) is 9.49 Å². The third kappa shape index (κ3) is 3.40. The van der Waals surface area contributed by atoms with Crippen LogP contribution in [0.2, 0.25) is 0 Å². The number of nitrogens with one attached hydrogen (secondary N) is 1. The first-order valence-electron chi connectivity index (χ1n) is 6.42. The number of aromatic nitrogens is 2. The van der Waals surface area contributed by atoms with Crippen LogP contribution in [-0.2, 0) is 6.54 Å². The second-order valence-electron chi connectivity index (χ2n) is 4.44. The Morgan fingerprint density at radius 2 is 2.14 bits per heavy atom. The fourth-order valence-corrected chi connectivity index (χ4v) is 1.83. The van der Waals surface area contributed by atoms with E-state index in [1.165, 1.54) is 6.20 Å². The maximum absolute atomic E-state index is 13.8. The Balaban J connectivity index is 2.29. The summed E-state index contributed by atoms with van der Waals surface area (Å²) in [6.45, 7) is 3.35. The van der Waals surface area contributed by atoms with Crippen molar-refractivity contribution in [3.8, 4) is 5.69 Å². The van der Waals surface area contributed by atoms with Crippen LogP contribution in [0.5, 0.6) is 0 Å². The topological polar surface area (TPSA) is 73.0 Å². The zero-order valence-corrected chi connectivity index (χ0v) is 11.3. The van der Waals surface area contributed by atoms with Crippen molar-refractivity contribution in [2.45, 2.75) is 19.9 Å². The van der Waals surface area contributed by atoms with Crippen LogP contribution < -0.4 is 5.32 Å². The Kier molecular flexibility index (Phi) is 4.59. The van der Waals surface area contributed by atoms with Crippen molar-refractivity contribution < 1.29 is 13.7 Å². The molecular formula is C13H14F2N4O2. The summed E-state index contributed by atoms with van der Waals surface area (Å²) in [5, 5.41) is 17.9. The van der Waals surface area contributed by atoms with E-state index in [0.29, 0.717) is 18.3 Å². The lowest BCUT2D eigenvalue weighted by Crippen LogP contribution is -2.14. The van der Waals surface area contributed by atoms with E-state index in [1.807, 2.05) is 6.92 Å². The highest BCUT2D eigenvalue weighted by molar-refractivity contribution is 5.45. The maximum atomic E-state index is 13.8. The Hall–Kier alpha value is -2.35. The molecule has 6 nitrogen and oxygen atoms in total. The smallest absolute Gasteiger partial charge is 0.307 e. The number of halogens is 2. The highest BCUT2D eigenvalue weighted by atomic mass is 19.1. The van der Waals surface area contributed by atoms with Crippen LogP contribution in [0.1, 0.15) is 19.0 Å². The number of nitro benzene ring substituents is 1. The summed E-state index contributed by atoms with van der Waals surface area (Å²) in [7, 11) is 0. The van der Waals surface area contributed by atoms with Gasteiger partial charge in [0, 0.05) is 24.9 Å². The summed E-state index contributed by atoms with van der Waals surface area (Å²) < 4.78 is 28.2. The molecule has 1 aromatic carbocycles. The van der Waals surface area contributed by atoms with Gasteiger partial charge in [-0.3, -0.25) is 10.1 Å². The number of nitro groups is 1. The normalized spacial score (nSPS) is 10.8. The van der Waals surface area contributed by atoms with Crippen molar-refractivity contribution in [1.29, 1.82) is 0 Å². The minimum absolute atomic E-state index is 0.162. The molecule has 2 aromatic rings. The van der Waals surface area contributed by atoms with E-state index < -0.39 is 22.2 Å². The number of benzene rings is 1. The Morgan fingerprint density at radius 1 is 1.38 bits per heavy atom. The summed E-state index contributed by atoms with van der Waals surface area (Å²) in [6.07, 6.45) is 2.45. The van der Waals surface area contributed by atoms with Crippen LogP contribution in [0.15, 0.2) is 24.4 Å². The van der Waals surface area contributed by atoms with Gasteiger partial charge in [-0.1, -0.05) is 6.92 Å². The van der Waals surface area contributed by atoms with E-state index in [9.17, 15) is 18.9 Å².